The number of nitrogens with zero attached hydrogens (tertiary/aromatic N) is 1. The molecule has 0 spiro atoms. The maximum absolute atomic E-state index is 12.8. The van der Waals surface area contributed by atoms with Crippen LogP contribution in [-0.4, -0.2) is 49.4 Å². The summed E-state index contributed by atoms with van der Waals surface area (Å²) in [6.45, 7) is 0.994. The Balaban J connectivity index is 1.22. The van der Waals surface area contributed by atoms with Gasteiger partial charge in [-0.15, -0.1) is 0 Å². The summed E-state index contributed by atoms with van der Waals surface area (Å²) < 4.78 is 33.8. The summed E-state index contributed by atoms with van der Waals surface area (Å²) in [5.41, 5.74) is 2.91. The van der Waals surface area contributed by atoms with Crippen LogP contribution < -0.4 is 14.8 Å². The van der Waals surface area contributed by atoms with Crippen molar-refractivity contribution in [2.75, 3.05) is 24.4 Å². The van der Waals surface area contributed by atoms with Crippen LogP contribution in [0.25, 0.3) is 10.9 Å². The zero-order valence-corrected chi connectivity index (χ0v) is 20.5. The highest BCUT2D eigenvalue weighted by Gasteiger charge is 2.15. The number of aromatic nitrogens is 1. The first-order chi connectivity index (χ1) is 17.4. The molecule has 1 atom stereocenters. The topological polar surface area (TPSA) is 121 Å². The SMILES string of the molecule is O=S(=O)(Nc1ccc(CCNCC(O)COc2ccccc2CO)cc1)c1cnc2ccccc2c1. The number of hydrogen-bond donors (Lipinski definition) is 4. The second kappa shape index (κ2) is 12.0. The van der Waals surface area contributed by atoms with Gasteiger partial charge < -0.3 is 20.3 Å². The average Bonchev–Trinajstić information content (AvgIpc) is 2.90. The molecule has 0 aliphatic heterocycles. The van der Waals surface area contributed by atoms with Crippen LogP contribution in [0.4, 0.5) is 5.69 Å². The molecule has 188 valence electrons. The third-order valence-electron chi connectivity index (χ3n) is 5.63. The fourth-order valence-electron chi connectivity index (χ4n) is 3.67. The average molecular weight is 508 g/mol. The fourth-order valence-corrected chi connectivity index (χ4v) is 4.71. The minimum Gasteiger partial charge on any atom is -0.490 e. The van der Waals surface area contributed by atoms with E-state index in [9.17, 15) is 18.6 Å². The Labute approximate surface area is 210 Å². The van der Waals surface area contributed by atoms with E-state index < -0.39 is 16.1 Å². The molecule has 0 saturated carbocycles. The summed E-state index contributed by atoms with van der Waals surface area (Å²) >= 11 is 0. The molecule has 1 heterocycles. The monoisotopic (exact) mass is 507 g/mol. The first kappa shape index (κ1) is 25.6. The molecule has 0 saturated heterocycles. The van der Waals surface area contributed by atoms with E-state index >= 15 is 0 Å². The lowest BCUT2D eigenvalue weighted by molar-refractivity contribution is 0.105. The van der Waals surface area contributed by atoms with Gasteiger partial charge in [0.15, 0.2) is 0 Å². The predicted molar refractivity (Wildman–Crippen MR) is 139 cm³/mol. The van der Waals surface area contributed by atoms with Crippen molar-refractivity contribution in [2.45, 2.75) is 24.0 Å². The lowest BCUT2D eigenvalue weighted by atomic mass is 10.1. The van der Waals surface area contributed by atoms with Crippen molar-refractivity contribution in [1.29, 1.82) is 0 Å². The number of rotatable bonds is 12. The molecule has 4 aromatic rings. The predicted octanol–water partition coefficient (Wildman–Crippen LogP) is 3.10. The molecule has 4 rings (SSSR count). The van der Waals surface area contributed by atoms with Gasteiger partial charge in [-0.3, -0.25) is 9.71 Å². The van der Waals surface area contributed by atoms with Crippen molar-refractivity contribution in [2.24, 2.45) is 0 Å². The maximum atomic E-state index is 12.8. The summed E-state index contributed by atoms with van der Waals surface area (Å²) in [6.07, 6.45) is 1.37. The van der Waals surface area contributed by atoms with Crippen LogP contribution in [0.5, 0.6) is 5.75 Å². The van der Waals surface area contributed by atoms with Crippen molar-refractivity contribution in [1.82, 2.24) is 10.3 Å². The van der Waals surface area contributed by atoms with Crippen LogP contribution in [0.2, 0.25) is 0 Å². The standard InChI is InChI=1S/C27H29N3O5S/c31-18-22-6-2-4-8-27(22)35-19-24(32)16-28-14-13-20-9-11-23(12-10-20)30-36(33,34)25-15-21-5-1-3-7-26(21)29-17-25/h1-12,15,17,24,28,30-32H,13-14,16,18-19H2. The number of hydrogen-bond acceptors (Lipinski definition) is 7. The van der Waals surface area contributed by atoms with Crippen molar-refractivity contribution in [3.8, 4) is 5.75 Å². The van der Waals surface area contributed by atoms with Crippen LogP contribution in [0.15, 0.2) is 90.0 Å². The molecule has 36 heavy (non-hydrogen) atoms. The number of fused-ring (bicyclic) bond motifs is 1. The molecule has 0 bridgehead atoms. The molecule has 1 unspecified atom stereocenters. The molecular formula is C27H29N3O5S. The molecule has 0 amide bonds. The lowest BCUT2D eigenvalue weighted by Crippen LogP contribution is -2.32. The minimum atomic E-state index is -3.76. The Kier molecular flexibility index (Phi) is 8.50. The number of ether oxygens (including phenoxy) is 1. The van der Waals surface area contributed by atoms with Crippen LogP contribution in [0, 0.1) is 0 Å². The first-order valence-electron chi connectivity index (χ1n) is 11.6. The van der Waals surface area contributed by atoms with E-state index in [-0.39, 0.29) is 18.1 Å². The van der Waals surface area contributed by atoms with Gasteiger partial charge in [-0.1, -0.05) is 48.5 Å². The third-order valence-corrected chi connectivity index (χ3v) is 6.97. The molecule has 4 N–H and O–H groups in total. The molecule has 0 fully saturated rings. The molecule has 3 aromatic carbocycles. The van der Waals surface area contributed by atoms with Gasteiger partial charge in [0.05, 0.1) is 12.1 Å². The first-order valence-corrected chi connectivity index (χ1v) is 13.1. The van der Waals surface area contributed by atoms with Crippen LogP contribution in [0.3, 0.4) is 0 Å². The summed E-state index contributed by atoms with van der Waals surface area (Å²) in [4.78, 5) is 4.34. The van der Waals surface area contributed by atoms with E-state index in [4.69, 9.17) is 4.74 Å². The highest BCUT2D eigenvalue weighted by atomic mass is 32.2. The fraction of sp³-hybridized carbons (Fsp3) is 0.222. The number of sulfonamides is 1. The van der Waals surface area contributed by atoms with Crippen LogP contribution >= 0.6 is 0 Å². The van der Waals surface area contributed by atoms with Crippen molar-refractivity contribution < 1.29 is 23.4 Å². The van der Waals surface area contributed by atoms with Gasteiger partial charge in [0.2, 0.25) is 0 Å². The highest BCUT2D eigenvalue weighted by molar-refractivity contribution is 7.92. The van der Waals surface area contributed by atoms with Crippen LogP contribution in [0.1, 0.15) is 11.1 Å². The maximum Gasteiger partial charge on any atom is 0.263 e. The zero-order chi connectivity index (χ0) is 25.4. The quantitative estimate of drug-likeness (QED) is 0.218. The lowest BCUT2D eigenvalue weighted by Gasteiger charge is -2.15. The number of nitrogens with one attached hydrogen (secondary N) is 2. The molecule has 1 aromatic heterocycles. The Morgan fingerprint density at radius 3 is 2.53 bits per heavy atom. The molecule has 8 nitrogen and oxygen atoms in total. The van der Waals surface area contributed by atoms with Crippen molar-refractivity contribution >= 4 is 26.6 Å². The summed E-state index contributed by atoms with van der Waals surface area (Å²) in [7, 11) is -3.76. The van der Waals surface area contributed by atoms with E-state index in [0.29, 0.717) is 36.5 Å². The smallest absolute Gasteiger partial charge is 0.263 e. The van der Waals surface area contributed by atoms with Crippen molar-refractivity contribution in [3.05, 3.63) is 96.2 Å². The normalized spacial score (nSPS) is 12.4. The van der Waals surface area contributed by atoms with Gasteiger partial charge in [-0.2, -0.15) is 0 Å². The Morgan fingerprint density at radius 1 is 0.972 bits per heavy atom. The van der Waals surface area contributed by atoms with Crippen LogP contribution in [-0.2, 0) is 23.1 Å². The highest BCUT2D eigenvalue weighted by Crippen LogP contribution is 2.20. The second-order valence-electron chi connectivity index (χ2n) is 8.35. The number of aliphatic hydroxyl groups is 2. The van der Waals surface area contributed by atoms with Gasteiger partial charge in [-0.25, -0.2) is 8.42 Å². The van der Waals surface area contributed by atoms with Gasteiger partial charge in [0, 0.05) is 29.4 Å². The number of para-hydroxylation sites is 2. The summed E-state index contributed by atoms with van der Waals surface area (Å²) in [5, 5.41) is 23.4. The van der Waals surface area contributed by atoms with Crippen molar-refractivity contribution in [3.63, 3.8) is 0 Å². The number of aliphatic hydroxyl groups excluding tert-OH is 2. The molecule has 9 heteroatoms. The Hall–Kier alpha value is -3.50. The molecule has 0 aliphatic carbocycles. The largest absolute Gasteiger partial charge is 0.490 e. The van der Waals surface area contributed by atoms with Gasteiger partial charge in [0.25, 0.3) is 10.0 Å². The minimum absolute atomic E-state index is 0.108. The summed E-state index contributed by atoms with van der Waals surface area (Å²) in [6, 6.07) is 23.3. The van der Waals surface area contributed by atoms with Gasteiger partial charge >= 0.3 is 0 Å². The third kappa shape index (κ3) is 6.79. The molecular weight excluding hydrogens is 478 g/mol. The second-order valence-corrected chi connectivity index (χ2v) is 10.0. The van der Waals surface area contributed by atoms with E-state index in [0.717, 1.165) is 16.5 Å². The van der Waals surface area contributed by atoms with Gasteiger partial charge in [0.1, 0.15) is 23.4 Å². The molecule has 0 aliphatic rings. The van der Waals surface area contributed by atoms with E-state index in [1.54, 1.807) is 30.3 Å². The number of anilines is 1. The Morgan fingerprint density at radius 2 is 1.72 bits per heavy atom. The number of pyridine rings is 1. The van der Waals surface area contributed by atoms with Gasteiger partial charge in [-0.05, 0) is 48.9 Å². The van der Waals surface area contributed by atoms with E-state index in [1.807, 2.05) is 48.5 Å². The summed E-state index contributed by atoms with van der Waals surface area (Å²) in [5.74, 6) is 0.562. The van der Waals surface area contributed by atoms with E-state index in [1.165, 1.54) is 6.20 Å². The number of benzene rings is 3. The Bertz CT molecular complexity index is 1390. The van der Waals surface area contributed by atoms with E-state index in [2.05, 4.69) is 15.0 Å². The zero-order valence-electron chi connectivity index (χ0n) is 19.7. The molecule has 0 radical (unpaired) electrons.